The van der Waals surface area contributed by atoms with Gasteiger partial charge in [-0.15, -0.1) is 11.3 Å². The summed E-state index contributed by atoms with van der Waals surface area (Å²) in [6, 6.07) is -0.467. The fraction of sp³-hybridized carbons (Fsp3) is 0.643. The second-order valence-electron chi connectivity index (χ2n) is 5.50. The largest absolute Gasteiger partial charge is 0.349 e. The van der Waals surface area contributed by atoms with Gasteiger partial charge in [0, 0.05) is 10.9 Å². The third-order valence-electron chi connectivity index (χ3n) is 4.11. The first kappa shape index (κ1) is 13.5. The summed E-state index contributed by atoms with van der Waals surface area (Å²) in [7, 11) is 0. The summed E-state index contributed by atoms with van der Waals surface area (Å²) < 4.78 is 0. The number of hydrogen-bond acceptors (Lipinski definition) is 5. The third-order valence-corrected chi connectivity index (χ3v) is 5.20. The summed E-state index contributed by atoms with van der Waals surface area (Å²) in [5, 5.41) is 3.94. The highest BCUT2D eigenvalue weighted by atomic mass is 32.1. The van der Waals surface area contributed by atoms with Gasteiger partial charge in [-0.05, 0) is 32.6 Å². The van der Waals surface area contributed by atoms with E-state index in [-0.39, 0.29) is 24.3 Å². The first-order chi connectivity index (χ1) is 9.60. The molecule has 1 aromatic rings. The number of fused-ring (bicyclic) bond motifs is 1. The van der Waals surface area contributed by atoms with Crippen LogP contribution in [0.1, 0.15) is 43.7 Å². The number of likely N-dealkylation sites (tertiary alicyclic amines) is 1. The molecule has 0 bridgehead atoms. The molecule has 2 heterocycles. The first-order valence-corrected chi connectivity index (χ1v) is 8.02. The Morgan fingerprint density at radius 3 is 2.95 bits per heavy atom. The monoisotopic (exact) mass is 293 g/mol. The second-order valence-corrected chi connectivity index (χ2v) is 6.59. The number of imide groups is 1. The van der Waals surface area contributed by atoms with Gasteiger partial charge in [0.1, 0.15) is 6.04 Å². The maximum absolute atomic E-state index is 12.3. The van der Waals surface area contributed by atoms with Crippen molar-refractivity contribution in [2.24, 2.45) is 0 Å². The molecule has 2 aliphatic rings. The molecule has 1 aliphatic heterocycles. The number of carbonyl (C=O) groups excluding carboxylic acids is 2. The van der Waals surface area contributed by atoms with Crippen LogP contribution in [0.15, 0.2) is 0 Å². The molecular weight excluding hydrogens is 274 g/mol. The fourth-order valence-corrected chi connectivity index (χ4v) is 3.91. The molecule has 20 heavy (non-hydrogen) atoms. The fourth-order valence-electron chi connectivity index (χ4n) is 2.81. The van der Waals surface area contributed by atoms with Gasteiger partial charge in [0.25, 0.3) is 5.91 Å². The van der Waals surface area contributed by atoms with Crippen LogP contribution in [0.25, 0.3) is 0 Å². The second kappa shape index (κ2) is 5.16. The van der Waals surface area contributed by atoms with Gasteiger partial charge >= 0.3 is 0 Å². The lowest BCUT2D eigenvalue weighted by Gasteiger charge is -2.21. The summed E-state index contributed by atoms with van der Waals surface area (Å²) in [6.45, 7) is 3.90. The van der Waals surface area contributed by atoms with Crippen LogP contribution < -0.4 is 5.32 Å². The lowest BCUT2D eigenvalue weighted by molar-refractivity contribution is -0.140. The number of aryl methyl sites for hydroxylation is 2. The molecular formula is C14H19N3O2S. The molecule has 1 saturated heterocycles. The van der Waals surface area contributed by atoms with Gasteiger partial charge < -0.3 is 5.32 Å². The van der Waals surface area contributed by atoms with Crippen molar-refractivity contribution in [2.45, 2.75) is 58.0 Å². The van der Waals surface area contributed by atoms with E-state index in [2.05, 4.69) is 10.3 Å². The van der Waals surface area contributed by atoms with Crippen molar-refractivity contribution < 1.29 is 9.59 Å². The smallest absolute Gasteiger partial charge is 0.252 e. The number of rotatable bonds is 4. The molecule has 1 aliphatic carbocycles. The number of hydrogen-bond donors (Lipinski definition) is 1. The molecule has 2 atom stereocenters. The number of aromatic nitrogens is 1. The Kier molecular flexibility index (Phi) is 3.50. The van der Waals surface area contributed by atoms with Gasteiger partial charge in [-0.25, -0.2) is 4.98 Å². The average molecular weight is 293 g/mol. The Labute approximate surface area is 122 Å². The maximum Gasteiger partial charge on any atom is 0.252 e. The van der Waals surface area contributed by atoms with Gasteiger partial charge in [0.05, 0.1) is 12.1 Å². The molecule has 2 unspecified atom stereocenters. The van der Waals surface area contributed by atoms with E-state index in [9.17, 15) is 9.59 Å². The normalized spacial score (nSPS) is 23.3. The molecule has 1 N–H and O–H groups in total. The zero-order chi connectivity index (χ0) is 14.3. The SMILES string of the molecule is CCC(C)N1C(=O)CC(Nc2nc3c(s2)CCC3)C1=O. The number of carbonyl (C=O) groups is 2. The molecule has 0 radical (unpaired) electrons. The lowest BCUT2D eigenvalue weighted by atomic mass is 10.2. The minimum Gasteiger partial charge on any atom is -0.349 e. The zero-order valence-corrected chi connectivity index (χ0v) is 12.6. The predicted molar refractivity (Wildman–Crippen MR) is 77.8 cm³/mol. The Hall–Kier alpha value is -1.43. The van der Waals surface area contributed by atoms with E-state index in [1.165, 1.54) is 16.2 Å². The van der Waals surface area contributed by atoms with Gasteiger partial charge in [-0.2, -0.15) is 0 Å². The Morgan fingerprint density at radius 1 is 1.45 bits per heavy atom. The van der Waals surface area contributed by atoms with Gasteiger partial charge in [0.2, 0.25) is 5.91 Å². The number of amides is 2. The average Bonchev–Trinajstić information content (AvgIpc) is 3.04. The van der Waals surface area contributed by atoms with Crippen LogP contribution >= 0.6 is 11.3 Å². The Bertz CT molecular complexity index is 533. The van der Waals surface area contributed by atoms with Gasteiger partial charge in [-0.3, -0.25) is 14.5 Å². The van der Waals surface area contributed by atoms with Crippen molar-refractivity contribution >= 4 is 28.3 Å². The standard InChI is InChI=1S/C14H19N3O2S/c1-3-8(2)17-12(18)7-10(13(17)19)16-14-15-9-5-4-6-11(9)20-14/h8,10H,3-7H2,1-2H3,(H,15,16). The number of thiazole rings is 1. The van der Waals surface area contributed by atoms with E-state index in [0.29, 0.717) is 0 Å². The number of nitrogens with one attached hydrogen (secondary N) is 1. The molecule has 3 rings (SSSR count). The van der Waals surface area contributed by atoms with Crippen LogP contribution in [0, 0.1) is 0 Å². The molecule has 108 valence electrons. The van der Waals surface area contributed by atoms with Crippen molar-refractivity contribution in [3.8, 4) is 0 Å². The topological polar surface area (TPSA) is 62.3 Å². The van der Waals surface area contributed by atoms with Crippen molar-refractivity contribution in [1.82, 2.24) is 9.88 Å². The van der Waals surface area contributed by atoms with E-state index < -0.39 is 6.04 Å². The zero-order valence-electron chi connectivity index (χ0n) is 11.8. The van der Waals surface area contributed by atoms with Crippen molar-refractivity contribution in [3.05, 3.63) is 10.6 Å². The number of anilines is 1. The highest BCUT2D eigenvalue weighted by Gasteiger charge is 2.41. The quantitative estimate of drug-likeness (QED) is 0.862. The van der Waals surface area contributed by atoms with Gasteiger partial charge in [0.15, 0.2) is 5.13 Å². The summed E-state index contributed by atoms with van der Waals surface area (Å²) in [4.78, 5) is 31.5. The summed E-state index contributed by atoms with van der Waals surface area (Å²) >= 11 is 1.62. The third kappa shape index (κ3) is 2.22. The molecule has 0 saturated carbocycles. The van der Waals surface area contributed by atoms with Crippen molar-refractivity contribution in [2.75, 3.05) is 5.32 Å². The Balaban J connectivity index is 1.72. The van der Waals surface area contributed by atoms with Crippen LogP contribution in [0.4, 0.5) is 5.13 Å². The minimum atomic E-state index is -0.442. The minimum absolute atomic E-state index is 0.0249. The van der Waals surface area contributed by atoms with Crippen molar-refractivity contribution in [1.29, 1.82) is 0 Å². The van der Waals surface area contributed by atoms with Crippen LogP contribution in [0.2, 0.25) is 0 Å². The number of nitrogens with zero attached hydrogens (tertiary/aromatic N) is 2. The van der Waals surface area contributed by atoms with E-state index in [1.807, 2.05) is 13.8 Å². The van der Waals surface area contributed by atoms with E-state index in [4.69, 9.17) is 0 Å². The molecule has 1 fully saturated rings. The first-order valence-electron chi connectivity index (χ1n) is 7.21. The summed E-state index contributed by atoms with van der Waals surface area (Å²) in [5.41, 5.74) is 1.16. The van der Waals surface area contributed by atoms with E-state index in [1.54, 1.807) is 11.3 Å². The van der Waals surface area contributed by atoms with Crippen molar-refractivity contribution in [3.63, 3.8) is 0 Å². The summed E-state index contributed by atoms with van der Waals surface area (Å²) in [6.07, 6.45) is 4.33. The van der Waals surface area contributed by atoms with Crippen LogP contribution in [0.3, 0.4) is 0 Å². The van der Waals surface area contributed by atoms with Gasteiger partial charge in [-0.1, -0.05) is 6.92 Å². The maximum atomic E-state index is 12.3. The molecule has 6 heteroatoms. The summed E-state index contributed by atoms with van der Waals surface area (Å²) in [5.74, 6) is -0.189. The van der Waals surface area contributed by atoms with Crippen LogP contribution in [-0.2, 0) is 22.4 Å². The van der Waals surface area contributed by atoms with E-state index >= 15 is 0 Å². The van der Waals surface area contributed by atoms with Crippen LogP contribution in [-0.4, -0.2) is 33.8 Å². The molecule has 0 aromatic carbocycles. The molecule has 0 spiro atoms. The highest BCUT2D eigenvalue weighted by molar-refractivity contribution is 7.15. The molecule has 1 aromatic heterocycles. The van der Waals surface area contributed by atoms with Crippen LogP contribution in [0.5, 0.6) is 0 Å². The molecule has 5 nitrogen and oxygen atoms in total. The molecule has 2 amide bonds. The highest BCUT2D eigenvalue weighted by Crippen LogP contribution is 2.32. The predicted octanol–water partition coefficient (Wildman–Crippen LogP) is 1.97. The lowest BCUT2D eigenvalue weighted by Crippen LogP contribution is -2.40. The van der Waals surface area contributed by atoms with E-state index in [0.717, 1.165) is 30.1 Å². The Morgan fingerprint density at radius 2 is 2.25 bits per heavy atom.